The Morgan fingerprint density at radius 1 is 1.21 bits per heavy atom. The van der Waals surface area contributed by atoms with Gasteiger partial charge in [-0.1, -0.05) is 0 Å². The van der Waals surface area contributed by atoms with Crippen LogP contribution in [0, 0.1) is 13.0 Å². The SMILES string of the molecule is O=S(=O)(O)c1c(I)cc(OCCNS(=O)(=O)C(F)(F)F)c(F)c1I. The van der Waals surface area contributed by atoms with Crippen LogP contribution >= 0.6 is 45.2 Å². The molecule has 2 N–H and O–H groups in total. The molecule has 138 valence electrons. The van der Waals surface area contributed by atoms with Crippen molar-refractivity contribution in [3.05, 3.63) is 19.0 Å². The number of halogens is 6. The molecule has 0 fully saturated rings. The van der Waals surface area contributed by atoms with Crippen LogP contribution in [0.25, 0.3) is 0 Å². The average molecular weight is 619 g/mol. The van der Waals surface area contributed by atoms with Gasteiger partial charge in [0.05, 0.1) is 3.57 Å². The van der Waals surface area contributed by atoms with Gasteiger partial charge in [0, 0.05) is 10.1 Å². The van der Waals surface area contributed by atoms with Gasteiger partial charge in [-0.15, -0.1) is 0 Å². The third-order valence-electron chi connectivity index (χ3n) is 2.30. The average Bonchev–Trinajstić information content (AvgIpc) is 2.37. The van der Waals surface area contributed by atoms with Crippen molar-refractivity contribution in [2.45, 2.75) is 10.4 Å². The van der Waals surface area contributed by atoms with Gasteiger partial charge in [-0.25, -0.2) is 17.5 Å². The fourth-order valence-electron chi connectivity index (χ4n) is 1.32. The fraction of sp³-hybridized carbons (Fsp3) is 0.333. The first kappa shape index (κ1) is 22.1. The zero-order chi connectivity index (χ0) is 18.9. The van der Waals surface area contributed by atoms with E-state index in [1.54, 1.807) is 0 Å². The van der Waals surface area contributed by atoms with Crippen molar-refractivity contribution in [3.8, 4) is 5.75 Å². The molecule has 0 spiro atoms. The molecule has 0 unspecified atom stereocenters. The Morgan fingerprint density at radius 2 is 1.75 bits per heavy atom. The highest BCUT2D eigenvalue weighted by Gasteiger charge is 2.45. The molecule has 0 aliphatic carbocycles. The minimum Gasteiger partial charge on any atom is -0.489 e. The maximum absolute atomic E-state index is 14.0. The smallest absolute Gasteiger partial charge is 0.489 e. The Kier molecular flexibility index (Phi) is 7.10. The first-order valence-electron chi connectivity index (χ1n) is 5.52. The van der Waals surface area contributed by atoms with E-state index in [2.05, 4.69) is 0 Å². The summed E-state index contributed by atoms with van der Waals surface area (Å²) in [5, 5.41) is 0. The van der Waals surface area contributed by atoms with Crippen LogP contribution in [-0.4, -0.2) is 40.0 Å². The second kappa shape index (κ2) is 7.72. The fourth-order valence-corrected chi connectivity index (χ4v) is 5.75. The zero-order valence-corrected chi connectivity index (χ0v) is 17.0. The number of hydrogen-bond donors (Lipinski definition) is 2. The van der Waals surface area contributed by atoms with Crippen molar-refractivity contribution in [2.24, 2.45) is 0 Å². The minimum atomic E-state index is -5.54. The summed E-state index contributed by atoms with van der Waals surface area (Å²) < 4.78 is 108. The predicted molar refractivity (Wildman–Crippen MR) is 90.1 cm³/mol. The van der Waals surface area contributed by atoms with Gasteiger partial charge in [0.2, 0.25) is 0 Å². The van der Waals surface area contributed by atoms with E-state index in [1.165, 1.54) is 49.9 Å². The zero-order valence-electron chi connectivity index (χ0n) is 11.1. The second-order valence-corrected chi connectivity index (χ2v) is 9.34. The molecule has 15 heteroatoms. The lowest BCUT2D eigenvalue weighted by Crippen LogP contribution is -2.38. The minimum absolute atomic E-state index is 0.0910. The predicted octanol–water partition coefficient (Wildman–Crippen LogP) is 2.10. The van der Waals surface area contributed by atoms with E-state index in [0.29, 0.717) is 0 Å². The number of alkyl halides is 3. The molecule has 0 bridgehead atoms. The lowest BCUT2D eigenvalue weighted by atomic mass is 10.3. The van der Waals surface area contributed by atoms with Gasteiger partial charge in [-0.05, 0) is 51.2 Å². The van der Waals surface area contributed by atoms with Crippen LogP contribution in [0.5, 0.6) is 5.75 Å². The molecule has 24 heavy (non-hydrogen) atoms. The second-order valence-electron chi connectivity index (χ2n) is 3.98. The van der Waals surface area contributed by atoms with Gasteiger partial charge in [-0.3, -0.25) is 4.55 Å². The lowest BCUT2D eigenvalue weighted by molar-refractivity contribution is -0.0448. The summed E-state index contributed by atoms with van der Waals surface area (Å²) in [6.45, 7) is -1.45. The summed E-state index contributed by atoms with van der Waals surface area (Å²) in [5.41, 5.74) is -5.49. The van der Waals surface area contributed by atoms with Crippen molar-refractivity contribution in [3.63, 3.8) is 0 Å². The van der Waals surface area contributed by atoms with E-state index < -0.39 is 58.8 Å². The number of rotatable bonds is 6. The van der Waals surface area contributed by atoms with Crippen molar-refractivity contribution < 1.29 is 43.7 Å². The Bertz CT molecular complexity index is 841. The van der Waals surface area contributed by atoms with Crippen LogP contribution in [0.4, 0.5) is 17.6 Å². The quantitative estimate of drug-likeness (QED) is 0.166. The topological polar surface area (TPSA) is 110 Å². The van der Waals surface area contributed by atoms with E-state index in [9.17, 15) is 34.4 Å². The standard InChI is InChI=1S/C9H7F4I2NO6S2/c10-6-5(3-4(14)8(7(6)15)23(17,18)19)22-2-1-16-24(20,21)9(11,12)13/h3,16H,1-2H2,(H,17,18,19). The van der Waals surface area contributed by atoms with Gasteiger partial charge < -0.3 is 4.74 Å². The molecule has 0 radical (unpaired) electrons. The van der Waals surface area contributed by atoms with Gasteiger partial charge in [-0.2, -0.15) is 21.6 Å². The largest absolute Gasteiger partial charge is 0.511 e. The molecule has 0 aromatic heterocycles. The van der Waals surface area contributed by atoms with E-state index in [0.717, 1.165) is 6.07 Å². The molecule has 0 heterocycles. The number of benzene rings is 1. The van der Waals surface area contributed by atoms with Gasteiger partial charge in [0.15, 0.2) is 11.6 Å². The number of ether oxygens (including phenoxy) is 1. The highest BCUT2D eigenvalue weighted by molar-refractivity contribution is 14.1. The van der Waals surface area contributed by atoms with Crippen LogP contribution in [0.2, 0.25) is 0 Å². The van der Waals surface area contributed by atoms with Crippen molar-refractivity contribution in [2.75, 3.05) is 13.2 Å². The van der Waals surface area contributed by atoms with E-state index >= 15 is 0 Å². The van der Waals surface area contributed by atoms with E-state index in [-0.39, 0.29) is 3.57 Å². The molecule has 0 amide bonds. The highest BCUT2D eigenvalue weighted by Crippen LogP contribution is 2.32. The Labute approximate surface area is 161 Å². The van der Waals surface area contributed by atoms with Crippen LogP contribution in [0.1, 0.15) is 0 Å². The first-order chi connectivity index (χ1) is 10.7. The molecule has 1 aromatic rings. The lowest BCUT2D eigenvalue weighted by Gasteiger charge is -2.13. The molecule has 1 rings (SSSR count). The Morgan fingerprint density at radius 3 is 2.21 bits per heavy atom. The van der Waals surface area contributed by atoms with E-state index in [4.69, 9.17) is 9.29 Å². The van der Waals surface area contributed by atoms with Crippen LogP contribution in [0.15, 0.2) is 11.0 Å². The van der Waals surface area contributed by atoms with Crippen LogP contribution < -0.4 is 9.46 Å². The third-order valence-corrected chi connectivity index (χ3v) is 7.03. The molecular weight excluding hydrogens is 612 g/mol. The normalized spacial score (nSPS) is 13.1. The monoisotopic (exact) mass is 619 g/mol. The van der Waals surface area contributed by atoms with Gasteiger partial charge in [0.1, 0.15) is 11.5 Å². The molecular formula is C9H7F4I2NO6S2. The maximum atomic E-state index is 14.0. The summed E-state index contributed by atoms with van der Waals surface area (Å²) in [5.74, 6) is -1.68. The maximum Gasteiger partial charge on any atom is 0.511 e. The molecule has 0 aliphatic rings. The van der Waals surface area contributed by atoms with E-state index in [1.807, 2.05) is 0 Å². The summed E-state index contributed by atoms with van der Waals surface area (Å²) >= 11 is 2.79. The van der Waals surface area contributed by atoms with Crippen molar-refractivity contribution in [1.82, 2.24) is 4.72 Å². The Balaban J connectivity index is 2.89. The summed E-state index contributed by atoms with van der Waals surface area (Å²) in [6.07, 6.45) is 0. The van der Waals surface area contributed by atoms with Gasteiger partial charge in [0.25, 0.3) is 10.1 Å². The van der Waals surface area contributed by atoms with Gasteiger partial charge >= 0.3 is 15.5 Å². The van der Waals surface area contributed by atoms with Crippen molar-refractivity contribution in [1.29, 1.82) is 0 Å². The van der Waals surface area contributed by atoms with Crippen LogP contribution in [-0.2, 0) is 20.1 Å². The summed E-state index contributed by atoms with van der Waals surface area (Å²) in [6, 6.07) is 0.902. The summed E-state index contributed by atoms with van der Waals surface area (Å²) in [7, 11) is -10.2. The molecule has 0 saturated carbocycles. The highest BCUT2D eigenvalue weighted by atomic mass is 127. The van der Waals surface area contributed by atoms with Crippen molar-refractivity contribution >= 4 is 65.3 Å². The molecule has 0 atom stereocenters. The Hall–Kier alpha value is 0.0200. The molecule has 0 aliphatic heterocycles. The number of sulfonamides is 1. The number of nitrogens with one attached hydrogen (secondary N) is 1. The number of hydrogen-bond acceptors (Lipinski definition) is 5. The molecule has 0 saturated heterocycles. The first-order valence-corrected chi connectivity index (χ1v) is 10.6. The summed E-state index contributed by atoms with van der Waals surface area (Å²) in [4.78, 5) is -0.675. The molecule has 1 aromatic carbocycles. The molecule has 7 nitrogen and oxygen atoms in total. The third kappa shape index (κ3) is 5.26. The van der Waals surface area contributed by atoms with Crippen LogP contribution in [0.3, 0.4) is 0 Å².